The van der Waals surface area contributed by atoms with Crippen LogP contribution in [-0.4, -0.2) is 26.3 Å². The van der Waals surface area contributed by atoms with Crippen LogP contribution >= 0.6 is 11.3 Å². The fourth-order valence-corrected chi connectivity index (χ4v) is 1.29. The van der Waals surface area contributed by atoms with Crippen LogP contribution in [0.1, 0.15) is 10.5 Å². The molecule has 15 heavy (non-hydrogen) atoms. The van der Waals surface area contributed by atoms with Gasteiger partial charge in [0.25, 0.3) is 5.91 Å². The van der Waals surface area contributed by atoms with E-state index in [1.807, 2.05) is 0 Å². The van der Waals surface area contributed by atoms with Crippen LogP contribution in [0.25, 0.3) is 0 Å². The van der Waals surface area contributed by atoms with Gasteiger partial charge in [0, 0.05) is 0 Å². The zero-order valence-corrected chi connectivity index (χ0v) is 8.23. The summed E-state index contributed by atoms with van der Waals surface area (Å²) in [4.78, 5) is 11.5. The summed E-state index contributed by atoms with van der Waals surface area (Å²) in [7, 11) is 0. The van der Waals surface area contributed by atoms with Crippen LogP contribution in [0, 0.1) is 0 Å². The van der Waals surface area contributed by atoms with Gasteiger partial charge in [-0.3, -0.25) is 10.1 Å². The predicted octanol–water partition coefficient (Wildman–Crippen LogP) is 0.163. The second-order valence-corrected chi connectivity index (χ2v) is 3.37. The smallest absolute Gasteiger partial charge is 0.278 e. The third kappa shape index (κ3) is 2.23. The van der Waals surface area contributed by atoms with Crippen molar-refractivity contribution < 1.29 is 4.79 Å². The van der Waals surface area contributed by atoms with Crippen molar-refractivity contribution in [3.8, 4) is 0 Å². The Labute approximate surface area is 88.4 Å². The second-order valence-electron chi connectivity index (χ2n) is 2.54. The number of anilines is 2. The number of hydrogen-bond donors (Lipinski definition) is 2. The summed E-state index contributed by atoms with van der Waals surface area (Å²) in [6.45, 7) is 0. The van der Waals surface area contributed by atoms with Crippen molar-refractivity contribution in [1.29, 1.82) is 0 Å². The summed E-state index contributed by atoms with van der Waals surface area (Å²) >= 11 is 1.22. The molecule has 1 amide bonds. The van der Waals surface area contributed by atoms with Crippen LogP contribution in [-0.2, 0) is 0 Å². The molecule has 7 nitrogen and oxygen atoms in total. The minimum atomic E-state index is -0.390. The number of hydrogen-bond acceptors (Lipinski definition) is 7. The number of nitrogen functional groups attached to an aromatic ring is 1. The molecule has 0 unspecified atom stereocenters. The molecule has 0 saturated carbocycles. The van der Waals surface area contributed by atoms with Crippen molar-refractivity contribution in [2.75, 3.05) is 11.1 Å². The number of rotatable bonds is 2. The maximum atomic E-state index is 11.5. The van der Waals surface area contributed by atoms with E-state index in [1.165, 1.54) is 29.0 Å². The molecule has 3 N–H and O–H groups in total. The maximum Gasteiger partial charge on any atom is 0.278 e. The molecule has 2 heterocycles. The largest absolute Gasteiger partial charge is 0.382 e. The first kappa shape index (κ1) is 9.46. The predicted molar refractivity (Wildman–Crippen MR) is 54.3 cm³/mol. The van der Waals surface area contributed by atoms with Crippen LogP contribution in [0.3, 0.4) is 0 Å². The van der Waals surface area contributed by atoms with Gasteiger partial charge in [-0.15, -0.1) is 20.4 Å². The number of aromatic nitrogens is 4. The van der Waals surface area contributed by atoms with Crippen molar-refractivity contribution in [2.24, 2.45) is 0 Å². The second kappa shape index (κ2) is 3.96. The Bertz CT molecular complexity index is 453. The van der Waals surface area contributed by atoms with Crippen molar-refractivity contribution in [2.45, 2.75) is 0 Å². The summed E-state index contributed by atoms with van der Waals surface area (Å²) in [5.41, 5.74) is 7.04. The van der Waals surface area contributed by atoms with Crippen LogP contribution in [0.15, 0.2) is 17.6 Å². The number of amides is 1. The van der Waals surface area contributed by atoms with E-state index in [0.717, 1.165) is 0 Å². The van der Waals surface area contributed by atoms with Gasteiger partial charge >= 0.3 is 0 Å². The highest BCUT2D eigenvalue weighted by molar-refractivity contribution is 7.13. The standard InChI is InChI=1S/C7H6N6OS/c8-5-2-1-4(11-12-5)6(14)10-7-13-9-3-15-7/h1-3H,(H2,8,12)(H,10,13,14). The lowest BCUT2D eigenvalue weighted by Gasteiger charge is -1.98. The SMILES string of the molecule is Nc1ccc(C(=O)Nc2nncs2)nn1. The fourth-order valence-electron chi connectivity index (χ4n) is 0.852. The topological polar surface area (TPSA) is 107 Å². The van der Waals surface area contributed by atoms with E-state index >= 15 is 0 Å². The number of nitrogens with one attached hydrogen (secondary N) is 1. The molecule has 0 spiro atoms. The average molecular weight is 222 g/mol. The Hall–Kier alpha value is -2.09. The molecule has 0 fully saturated rings. The first-order chi connectivity index (χ1) is 7.25. The van der Waals surface area contributed by atoms with E-state index in [2.05, 4.69) is 25.7 Å². The summed E-state index contributed by atoms with van der Waals surface area (Å²) in [5, 5.41) is 17.4. The molecular formula is C7H6N6OS. The first-order valence-corrected chi connectivity index (χ1v) is 4.80. The minimum Gasteiger partial charge on any atom is -0.382 e. The Balaban J connectivity index is 2.11. The van der Waals surface area contributed by atoms with Gasteiger partial charge in [0.1, 0.15) is 11.3 Å². The molecule has 0 atom stereocenters. The van der Waals surface area contributed by atoms with Crippen LogP contribution < -0.4 is 11.1 Å². The van der Waals surface area contributed by atoms with Crippen molar-refractivity contribution in [3.05, 3.63) is 23.3 Å². The van der Waals surface area contributed by atoms with Gasteiger partial charge in [0.15, 0.2) is 5.69 Å². The Kier molecular flexibility index (Phi) is 2.50. The molecule has 0 aliphatic carbocycles. The van der Waals surface area contributed by atoms with Crippen LogP contribution in [0.2, 0.25) is 0 Å². The normalized spacial score (nSPS) is 9.87. The highest BCUT2D eigenvalue weighted by Gasteiger charge is 2.09. The van der Waals surface area contributed by atoms with Crippen LogP contribution in [0.4, 0.5) is 10.9 Å². The number of carbonyl (C=O) groups is 1. The Morgan fingerprint density at radius 1 is 1.33 bits per heavy atom. The maximum absolute atomic E-state index is 11.5. The molecule has 0 saturated heterocycles. The van der Waals surface area contributed by atoms with Gasteiger partial charge in [-0.25, -0.2) is 0 Å². The van der Waals surface area contributed by atoms with Gasteiger partial charge in [0.2, 0.25) is 5.13 Å². The average Bonchev–Trinajstić information content (AvgIpc) is 2.71. The summed E-state index contributed by atoms with van der Waals surface area (Å²) < 4.78 is 0. The summed E-state index contributed by atoms with van der Waals surface area (Å²) in [6.07, 6.45) is 0. The van der Waals surface area contributed by atoms with E-state index < -0.39 is 0 Å². The van der Waals surface area contributed by atoms with Crippen molar-refractivity contribution in [3.63, 3.8) is 0 Å². The zero-order valence-electron chi connectivity index (χ0n) is 7.41. The molecule has 0 radical (unpaired) electrons. The highest BCUT2D eigenvalue weighted by Crippen LogP contribution is 2.09. The molecule has 2 rings (SSSR count). The molecule has 0 bridgehead atoms. The molecule has 2 aromatic rings. The van der Waals surface area contributed by atoms with Crippen molar-refractivity contribution >= 4 is 28.2 Å². The quantitative estimate of drug-likeness (QED) is 0.749. The van der Waals surface area contributed by atoms with Gasteiger partial charge in [0.05, 0.1) is 0 Å². The van der Waals surface area contributed by atoms with E-state index in [9.17, 15) is 4.79 Å². The van der Waals surface area contributed by atoms with Crippen LogP contribution in [0.5, 0.6) is 0 Å². The molecular weight excluding hydrogens is 216 g/mol. The molecule has 76 valence electrons. The molecule has 0 aliphatic rings. The molecule has 0 aromatic carbocycles. The first-order valence-electron chi connectivity index (χ1n) is 3.92. The number of nitrogens with two attached hydrogens (primary N) is 1. The van der Waals surface area contributed by atoms with E-state index in [-0.39, 0.29) is 17.4 Å². The van der Waals surface area contributed by atoms with Gasteiger partial charge in [-0.2, -0.15) is 0 Å². The lowest BCUT2D eigenvalue weighted by Crippen LogP contribution is -2.14. The number of nitrogens with zero attached hydrogens (tertiary/aromatic N) is 4. The Morgan fingerprint density at radius 2 is 2.20 bits per heavy atom. The lowest BCUT2D eigenvalue weighted by molar-refractivity contribution is 0.102. The monoisotopic (exact) mass is 222 g/mol. The van der Waals surface area contributed by atoms with Gasteiger partial charge in [-0.1, -0.05) is 11.3 Å². The minimum absolute atomic E-state index is 0.180. The van der Waals surface area contributed by atoms with E-state index in [4.69, 9.17) is 5.73 Å². The summed E-state index contributed by atoms with van der Waals surface area (Å²) in [6, 6.07) is 2.99. The highest BCUT2D eigenvalue weighted by atomic mass is 32.1. The summed E-state index contributed by atoms with van der Waals surface area (Å²) in [5.74, 6) is -0.123. The van der Waals surface area contributed by atoms with Crippen molar-refractivity contribution in [1.82, 2.24) is 20.4 Å². The molecule has 0 aliphatic heterocycles. The van der Waals surface area contributed by atoms with E-state index in [0.29, 0.717) is 5.13 Å². The van der Waals surface area contributed by atoms with Gasteiger partial charge < -0.3 is 5.73 Å². The third-order valence-corrected chi connectivity index (χ3v) is 2.10. The zero-order chi connectivity index (χ0) is 10.7. The molecule has 8 heteroatoms. The fraction of sp³-hybridized carbons (Fsp3) is 0. The number of carbonyl (C=O) groups excluding carboxylic acids is 1. The van der Waals surface area contributed by atoms with E-state index in [1.54, 1.807) is 0 Å². The van der Waals surface area contributed by atoms with Gasteiger partial charge in [-0.05, 0) is 12.1 Å². The lowest BCUT2D eigenvalue weighted by atomic mass is 10.3. The molecule has 2 aromatic heterocycles. The third-order valence-electron chi connectivity index (χ3n) is 1.50. The Morgan fingerprint density at radius 3 is 2.80 bits per heavy atom.